The first kappa shape index (κ1) is 19.1. The number of nitrogens with two attached hydrogens (primary N) is 1. The first-order valence-corrected chi connectivity index (χ1v) is 8.96. The van der Waals surface area contributed by atoms with Crippen molar-refractivity contribution in [3.05, 3.63) is 28.2 Å². The molecule has 10 heteroatoms. The molecule has 1 aliphatic heterocycles. The summed E-state index contributed by atoms with van der Waals surface area (Å²) < 4.78 is 0. The van der Waals surface area contributed by atoms with Crippen LogP contribution in [0.4, 0.5) is 11.8 Å². The van der Waals surface area contributed by atoms with E-state index in [1.54, 1.807) is 18.2 Å². The van der Waals surface area contributed by atoms with Crippen molar-refractivity contribution in [2.24, 2.45) is 0 Å². The summed E-state index contributed by atoms with van der Waals surface area (Å²) in [5.41, 5.74) is 7.06. The van der Waals surface area contributed by atoms with E-state index < -0.39 is 6.10 Å². The Bertz CT molecular complexity index is 770. The van der Waals surface area contributed by atoms with Crippen LogP contribution in [0.2, 0.25) is 10.0 Å². The fourth-order valence-electron chi connectivity index (χ4n) is 2.83. The number of benzene rings is 1. The van der Waals surface area contributed by atoms with E-state index >= 15 is 0 Å². The van der Waals surface area contributed by atoms with E-state index in [4.69, 9.17) is 34.0 Å². The molecular formula is C16H20Cl2N6O2. The minimum absolute atomic E-state index is 0.234. The normalized spacial score (nSPS) is 16.7. The van der Waals surface area contributed by atoms with Gasteiger partial charge in [-0.3, -0.25) is 4.90 Å². The number of aromatic nitrogens is 3. The Labute approximate surface area is 161 Å². The van der Waals surface area contributed by atoms with Crippen molar-refractivity contribution >= 4 is 35.0 Å². The summed E-state index contributed by atoms with van der Waals surface area (Å²) in [6.45, 7) is 3.01. The van der Waals surface area contributed by atoms with Gasteiger partial charge in [-0.2, -0.15) is 4.98 Å². The fraction of sp³-hybridized carbons (Fsp3) is 0.438. The zero-order valence-corrected chi connectivity index (χ0v) is 15.5. The van der Waals surface area contributed by atoms with Crippen LogP contribution in [0, 0.1) is 0 Å². The fourth-order valence-corrected chi connectivity index (χ4v) is 3.22. The lowest BCUT2D eigenvalue weighted by Gasteiger charge is -2.35. The van der Waals surface area contributed by atoms with Crippen molar-refractivity contribution in [3.63, 3.8) is 0 Å². The molecule has 0 aliphatic carbocycles. The molecule has 140 valence electrons. The molecule has 1 aliphatic rings. The van der Waals surface area contributed by atoms with Gasteiger partial charge in [-0.15, -0.1) is 10.2 Å². The van der Waals surface area contributed by atoms with Gasteiger partial charge in [-0.05, 0) is 6.07 Å². The van der Waals surface area contributed by atoms with Gasteiger partial charge in [0.05, 0.1) is 22.8 Å². The molecule has 0 amide bonds. The van der Waals surface area contributed by atoms with Gasteiger partial charge in [0.1, 0.15) is 5.69 Å². The lowest BCUT2D eigenvalue weighted by molar-refractivity contribution is 0.0574. The number of anilines is 2. The lowest BCUT2D eigenvalue weighted by Crippen LogP contribution is -2.49. The van der Waals surface area contributed by atoms with E-state index in [1.165, 1.54) is 0 Å². The third-order valence-electron chi connectivity index (χ3n) is 4.24. The number of piperazine rings is 1. The predicted molar refractivity (Wildman–Crippen MR) is 101 cm³/mol. The van der Waals surface area contributed by atoms with Crippen molar-refractivity contribution in [2.45, 2.75) is 6.10 Å². The van der Waals surface area contributed by atoms with Crippen LogP contribution >= 0.6 is 23.2 Å². The maximum absolute atomic E-state index is 9.53. The highest BCUT2D eigenvalue weighted by atomic mass is 35.5. The van der Waals surface area contributed by atoms with Gasteiger partial charge in [0, 0.05) is 38.3 Å². The van der Waals surface area contributed by atoms with Crippen LogP contribution in [0.1, 0.15) is 0 Å². The highest BCUT2D eigenvalue weighted by molar-refractivity contribution is 6.43. The number of hydrogen-bond acceptors (Lipinski definition) is 8. The zero-order valence-electron chi connectivity index (χ0n) is 14.0. The first-order valence-electron chi connectivity index (χ1n) is 8.20. The van der Waals surface area contributed by atoms with Crippen molar-refractivity contribution in [3.8, 4) is 11.3 Å². The molecule has 1 saturated heterocycles. The predicted octanol–water partition coefficient (Wildman–Crippen LogP) is 0.903. The topological polar surface area (TPSA) is 112 Å². The summed E-state index contributed by atoms with van der Waals surface area (Å²) in [7, 11) is 0. The minimum Gasteiger partial charge on any atom is -0.394 e. The van der Waals surface area contributed by atoms with Crippen LogP contribution in [0.15, 0.2) is 18.2 Å². The van der Waals surface area contributed by atoms with Crippen LogP contribution in [0.25, 0.3) is 11.3 Å². The van der Waals surface area contributed by atoms with Gasteiger partial charge in [-0.1, -0.05) is 35.3 Å². The highest BCUT2D eigenvalue weighted by Crippen LogP contribution is 2.34. The molecule has 8 nitrogen and oxygen atoms in total. The quantitative estimate of drug-likeness (QED) is 0.680. The van der Waals surface area contributed by atoms with E-state index in [-0.39, 0.29) is 12.4 Å². The summed E-state index contributed by atoms with van der Waals surface area (Å²) in [5.74, 6) is 0.684. The number of hydrogen-bond donors (Lipinski definition) is 3. The maximum Gasteiger partial charge on any atom is 0.247 e. The molecule has 3 rings (SSSR count). The smallest absolute Gasteiger partial charge is 0.247 e. The van der Waals surface area contributed by atoms with Crippen molar-refractivity contribution in [1.82, 2.24) is 20.1 Å². The molecule has 26 heavy (non-hydrogen) atoms. The number of β-amino-alcohol motifs (C(OH)–C–C–N with tert-alkyl or cyclic N) is 1. The number of halogens is 2. The van der Waals surface area contributed by atoms with E-state index in [0.29, 0.717) is 46.9 Å². The average molecular weight is 399 g/mol. The number of aliphatic hydroxyl groups excluding tert-OH is 2. The molecule has 0 bridgehead atoms. The van der Waals surface area contributed by atoms with Gasteiger partial charge in [0.25, 0.3) is 0 Å². The second-order valence-corrected chi connectivity index (χ2v) is 6.86. The SMILES string of the molecule is Nc1nc(N2CCN(CC(O)CO)CC2)nnc1-c1cccc(Cl)c1Cl. The summed E-state index contributed by atoms with van der Waals surface area (Å²) in [4.78, 5) is 8.42. The highest BCUT2D eigenvalue weighted by Gasteiger charge is 2.22. The zero-order chi connectivity index (χ0) is 18.7. The van der Waals surface area contributed by atoms with Crippen molar-refractivity contribution < 1.29 is 10.2 Å². The van der Waals surface area contributed by atoms with E-state index in [1.807, 2.05) is 4.90 Å². The van der Waals surface area contributed by atoms with E-state index in [9.17, 15) is 5.11 Å². The molecule has 1 unspecified atom stereocenters. The van der Waals surface area contributed by atoms with Gasteiger partial charge >= 0.3 is 0 Å². The van der Waals surface area contributed by atoms with Gasteiger partial charge in [0.2, 0.25) is 5.95 Å². The summed E-state index contributed by atoms with van der Waals surface area (Å²) >= 11 is 12.3. The maximum atomic E-state index is 9.53. The van der Waals surface area contributed by atoms with Gasteiger partial charge in [0.15, 0.2) is 5.82 Å². The second kappa shape index (κ2) is 8.32. The van der Waals surface area contributed by atoms with Crippen LogP contribution < -0.4 is 10.6 Å². The number of nitrogen functional groups attached to an aromatic ring is 1. The van der Waals surface area contributed by atoms with Gasteiger partial charge < -0.3 is 20.8 Å². The van der Waals surface area contributed by atoms with Crippen LogP contribution in [-0.2, 0) is 0 Å². The number of nitrogens with zero attached hydrogens (tertiary/aromatic N) is 5. The third-order valence-corrected chi connectivity index (χ3v) is 5.06. The Morgan fingerprint density at radius 2 is 1.88 bits per heavy atom. The molecule has 4 N–H and O–H groups in total. The van der Waals surface area contributed by atoms with Crippen LogP contribution in [-0.4, -0.2) is 75.7 Å². The Balaban J connectivity index is 1.72. The molecule has 1 aromatic carbocycles. The monoisotopic (exact) mass is 398 g/mol. The minimum atomic E-state index is -0.725. The summed E-state index contributed by atoms with van der Waals surface area (Å²) in [6, 6.07) is 5.21. The van der Waals surface area contributed by atoms with Crippen LogP contribution in [0.3, 0.4) is 0 Å². The molecule has 0 radical (unpaired) electrons. The number of rotatable bonds is 5. The standard InChI is InChI=1S/C16H20Cl2N6O2/c17-12-3-1-2-11(13(12)18)14-15(19)20-16(22-21-14)24-6-4-23(5-7-24)8-10(26)9-25/h1-3,10,25-26H,4-9H2,(H2,19,20,22). The largest absolute Gasteiger partial charge is 0.394 e. The first-order chi connectivity index (χ1) is 12.5. The van der Waals surface area contributed by atoms with Crippen LogP contribution in [0.5, 0.6) is 0 Å². The molecule has 1 fully saturated rings. The molecule has 1 aromatic heterocycles. The second-order valence-electron chi connectivity index (χ2n) is 6.07. The van der Waals surface area contributed by atoms with Gasteiger partial charge in [-0.25, -0.2) is 0 Å². The molecule has 1 atom stereocenters. The number of aliphatic hydroxyl groups is 2. The Morgan fingerprint density at radius 1 is 1.15 bits per heavy atom. The Hall–Kier alpha value is -1.71. The lowest BCUT2D eigenvalue weighted by atomic mass is 10.1. The van der Waals surface area contributed by atoms with Crippen molar-refractivity contribution in [1.29, 1.82) is 0 Å². The average Bonchev–Trinajstić information content (AvgIpc) is 2.65. The molecule has 0 spiro atoms. The molecular weight excluding hydrogens is 379 g/mol. The summed E-state index contributed by atoms with van der Waals surface area (Å²) in [6.07, 6.45) is -0.725. The molecule has 2 heterocycles. The van der Waals surface area contributed by atoms with E-state index in [0.717, 1.165) is 13.1 Å². The molecule has 2 aromatic rings. The molecule has 0 saturated carbocycles. The Kier molecular flexibility index (Phi) is 6.10. The van der Waals surface area contributed by atoms with Crippen molar-refractivity contribution in [2.75, 3.05) is 50.0 Å². The summed E-state index contributed by atoms with van der Waals surface area (Å²) in [5, 5.41) is 27.6. The Morgan fingerprint density at radius 3 is 2.54 bits per heavy atom. The third kappa shape index (κ3) is 4.16. The van der Waals surface area contributed by atoms with E-state index in [2.05, 4.69) is 20.1 Å².